The van der Waals surface area contributed by atoms with Crippen LogP contribution in [0.25, 0.3) is 0 Å². The van der Waals surface area contributed by atoms with Crippen LogP contribution in [-0.2, 0) is 0 Å². The average Bonchev–Trinajstić information content (AvgIpc) is 2.30. The molecule has 3 nitrogen and oxygen atoms in total. The molecule has 0 aliphatic carbocycles. The minimum atomic E-state index is -1.22. The van der Waals surface area contributed by atoms with Crippen LogP contribution in [0.15, 0.2) is 0 Å². The minimum Gasteiger partial charge on any atom is -0.323 e. The number of hydrogen-bond donors (Lipinski definition) is 0. The maximum absolute atomic E-state index is 2.85. The summed E-state index contributed by atoms with van der Waals surface area (Å²) in [6, 6.07) is 0. The van der Waals surface area contributed by atoms with Crippen LogP contribution in [0.4, 0.5) is 0 Å². The molecule has 0 saturated carbocycles. The van der Waals surface area contributed by atoms with Crippen molar-refractivity contribution in [1.29, 1.82) is 0 Å². The van der Waals surface area contributed by atoms with E-state index >= 15 is 0 Å². The first-order valence-electron chi connectivity index (χ1n) is 9.07. The van der Waals surface area contributed by atoms with Gasteiger partial charge in [0, 0.05) is 26.2 Å². The molecule has 1 heterocycles. The Hall–Kier alpha value is 0.531. The molecule has 0 unspecified atom stereocenters. The van der Waals surface area contributed by atoms with E-state index in [9.17, 15) is 0 Å². The van der Waals surface area contributed by atoms with E-state index in [4.69, 9.17) is 0 Å². The first kappa shape index (κ1) is 20.6. The fourth-order valence-electron chi connectivity index (χ4n) is 3.28. The van der Waals surface area contributed by atoms with Gasteiger partial charge < -0.3 is 13.7 Å². The molecule has 0 radical (unpaired) electrons. The highest BCUT2D eigenvalue weighted by atomic mass is 28.3. The van der Waals surface area contributed by atoms with Crippen LogP contribution in [0.5, 0.6) is 0 Å². The highest BCUT2D eigenvalue weighted by Crippen LogP contribution is 2.17. The van der Waals surface area contributed by atoms with Crippen molar-refractivity contribution in [1.82, 2.24) is 13.7 Å². The monoisotopic (exact) mass is 359 g/mol. The van der Waals surface area contributed by atoms with Crippen molar-refractivity contribution in [3.8, 4) is 0 Å². The Labute approximate surface area is 143 Å². The highest BCUT2D eigenvalue weighted by molar-refractivity contribution is 6.74. The Morgan fingerprint density at radius 2 is 0.636 bits per heavy atom. The van der Waals surface area contributed by atoms with Crippen LogP contribution in [0.2, 0.25) is 58.9 Å². The summed E-state index contributed by atoms with van der Waals surface area (Å²) in [6.45, 7) is 30.3. The molecule has 0 spiro atoms. The van der Waals surface area contributed by atoms with E-state index in [2.05, 4.69) is 72.6 Å². The predicted octanol–water partition coefficient (Wildman–Crippen LogP) is 3.80. The Morgan fingerprint density at radius 3 is 0.864 bits per heavy atom. The summed E-state index contributed by atoms with van der Waals surface area (Å²) in [5.41, 5.74) is 0. The number of hydrogen-bond acceptors (Lipinski definition) is 3. The van der Waals surface area contributed by atoms with Crippen LogP contribution in [-0.4, -0.2) is 77.7 Å². The zero-order valence-corrected chi connectivity index (χ0v) is 19.8. The molecule has 0 bridgehead atoms. The topological polar surface area (TPSA) is 9.72 Å². The molecule has 1 fully saturated rings. The molecule has 0 aromatic carbocycles. The highest BCUT2D eigenvalue weighted by Gasteiger charge is 2.31. The Balaban J connectivity index is 2.90. The fourth-order valence-corrected chi connectivity index (χ4v) is 8.02. The lowest BCUT2D eigenvalue weighted by molar-refractivity contribution is 0.278. The molecule has 0 amide bonds. The van der Waals surface area contributed by atoms with Gasteiger partial charge in [0.05, 0.1) is 0 Å². The van der Waals surface area contributed by atoms with Gasteiger partial charge in [-0.2, -0.15) is 0 Å². The molecule has 132 valence electrons. The van der Waals surface area contributed by atoms with Gasteiger partial charge >= 0.3 is 0 Å². The Kier molecular flexibility index (Phi) is 7.12. The summed E-state index contributed by atoms with van der Waals surface area (Å²) in [7, 11) is -3.60. The standard InChI is InChI=1S/C16H41N3Si3/c1-20(2,3)17-11-10-12-18(21(4,5)6)14-16-19(15-13-17)22(7,8)9/h10-16H2,1-9H3. The maximum Gasteiger partial charge on any atom is 0.119 e. The van der Waals surface area contributed by atoms with Crippen LogP contribution in [0.3, 0.4) is 0 Å². The van der Waals surface area contributed by atoms with E-state index in [0.29, 0.717) is 0 Å². The van der Waals surface area contributed by atoms with Gasteiger partial charge in [0.25, 0.3) is 0 Å². The van der Waals surface area contributed by atoms with Crippen LogP contribution < -0.4 is 0 Å². The van der Waals surface area contributed by atoms with Crippen LogP contribution in [0, 0.1) is 0 Å². The molecule has 6 heteroatoms. The SMILES string of the molecule is C[Si](C)(C)N1CCCN([Si](C)(C)C)CCN([Si](C)(C)C)CC1. The van der Waals surface area contributed by atoms with Gasteiger partial charge in [-0.1, -0.05) is 58.9 Å². The summed E-state index contributed by atoms with van der Waals surface area (Å²) in [6.07, 6.45) is 1.35. The predicted molar refractivity (Wildman–Crippen MR) is 109 cm³/mol. The Bertz CT molecular complexity index is 316. The van der Waals surface area contributed by atoms with Gasteiger partial charge in [0.15, 0.2) is 0 Å². The first-order chi connectivity index (χ1) is 9.82. The third-order valence-corrected chi connectivity index (χ3v) is 12.0. The van der Waals surface area contributed by atoms with E-state index in [1.165, 1.54) is 45.7 Å². The maximum atomic E-state index is 2.85. The van der Waals surface area contributed by atoms with E-state index in [1.54, 1.807) is 0 Å². The summed E-state index contributed by atoms with van der Waals surface area (Å²) in [5, 5.41) is 0. The normalized spacial score (nSPS) is 22.8. The van der Waals surface area contributed by atoms with Crippen LogP contribution >= 0.6 is 0 Å². The average molecular weight is 360 g/mol. The van der Waals surface area contributed by atoms with Crippen molar-refractivity contribution < 1.29 is 0 Å². The molecule has 1 aliphatic rings. The molecule has 0 aromatic heterocycles. The van der Waals surface area contributed by atoms with Crippen molar-refractivity contribution in [3.63, 3.8) is 0 Å². The zero-order chi connectivity index (χ0) is 17.2. The van der Waals surface area contributed by atoms with Crippen molar-refractivity contribution in [3.05, 3.63) is 0 Å². The van der Waals surface area contributed by atoms with Crippen molar-refractivity contribution in [2.75, 3.05) is 39.3 Å². The Morgan fingerprint density at radius 1 is 0.409 bits per heavy atom. The summed E-state index contributed by atoms with van der Waals surface area (Å²) in [5.74, 6) is 0. The minimum absolute atomic E-state index is 1.19. The largest absolute Gasteiger partial charge is 0.323 e. The van der Waals surface area contributed by atoms with Gasteiger partial charge in [-0.3, -0.25) is 0 Å². The number of rotatable bonds is 3. The second kappa shape index (κ2) is 7.61. The third-order valence-electron chi connectivity index (χ3n) is 4.98. The molecule has 1 aliphatic heterocycles. The van der Waals surface area contributed by atoms with Gasteiger partial charge in [-0.15, -0.1) is 0 Å². The quantitative estimate of drug-likeness (QED) is 0.710. The summed E-state index contributed by atoms with van der Waals surface area (Å²) in [4.78, 5) is 0. The van der Waals surface area contributed by atoms with Gasteiger partial charge in [-0.25, -0.2) is 0 Å². The van der Waals surface area contributed by atoms with E-state index in [1.807, 2.05) is 0 Å². The lowest BCUT2D eigenvalue weighted by Gasteiger charge is -2.44. The second-order valence-corrected chi connectivity index (χ2v) is 24.7. The lowest BCUT2D eigenvalue weighted by Crippen LogP contribution is -2.58. The fraction of sp³-hybridized carbons (Fsp3) is 1.00. The molecule has 22 heavy (non-hydrogen) atoms. The first-order valence-corrected chi connectivity index (χ1v) is 19.4. The molecule has 1 rings (SSSR count). The number of nitrogens with zero attached hydrogens (tertiary/aromatic N) is 3. The molecule has 0 atom stereocenters. The van der Waals surface area contributed by atoms with E-state index in [-0.39, 0.29) is 0 Å². The smallest absolute Gasteiger partial charge is 0.119 e. The summed E-state index contributed by atoms with van der Waals surface area (Å²) < 4.78 is 8.53. The molecule has 1 saturated heterocycles. The van der Waals surface area contributed by atoms with Crippen molar-refractivity contribution in [2.24, 2.45) is 0 Å². The summed E-state index contributed by atoms with van der Waals surface area (Å²) >= 11 is 0. The van der Waals surface area contributed by atoms with Gasteiger partial charge in [0.1, 0.15) is 24.7 Å². The molecule has 0 N–H and O–H groups in total. The zero-order valence-electron chi connectivity index (χ0n) is 16.8. The molecular formula is C16H41N3Si3. The van der Waals surface area contributed by atoms with Gasteiger partial charge in [-0.05, 0) is 19.5 Å². The van der Waals surface area contributed by atoms with E-state index in [0.717, 1.165) is 0 Å². The van der Waals surface area contributed by atoms with Crippen molar-refractivity contribution >= 4 is 24.7 Å². The molecule has 0 aromatic rings. The lowest BCUT2D eigenvalue weighted by atomic mass is 10.4. The second-order valence-electron chi connectivity index (χ2n) is 9.83. The van der Waals surface area contributed by atoms with Crippen molar-refractivity contribution in [2.45, 2.75) is 65.3 Å². The van der Waals surface area contributed by atoms with Crippen LogP contribution in [0.1, 0.15) is 6.42 Å². The van der Waals surface area contributed by atoms with E-state index < -0.39 is 24.7 Å². The molecular weight excluding hydrogens is 318 g/mol. The van der Waals surface area contributed by atoms with Gasteiger partial charge in [0.2, 0.25) is 0 Å². The third kappa shape index (κ3) is 6.57.